The van der Waals surface area contributed by atoms with E-state index in [9.17, 15) is 9.18 Å². The molecule has 1 aliphatic carbocycles. The van der Waals surface area contributed by atoms with E-state index in [-0.39, 0.29) is 23.8 Å². The number of halogens is 1. The molecule has 4 nitrogen and oxygen atoms in total. The third-order valence-corrected chi connectivity index (χ3v) is 6.52. The summed E-state index contributed by atoms with van der Waals surface area (Å²) in [6.07, 6.45) is 3.81. The quantitative estimate of drug-likeness (QED) is 0.519. The molecule has 2 aromatic carbocycles. The summed E-state index contributed by atoms with van der Waals surface area (Å²) in [5.74, 6) is 1.50. The van der Waals surface area contributed by atoms with Crippen molar-refractivity contribution in [3.8, 4) is 11.3 Å². The van der Waals surface area contributed by atoms with Crippen LogP contribution in [0.1, 0.15) is 53.4 Å². The Morgan fingerprint density at radius 1 is 1.03 bits per heavy atom. The minimum absolute atomic E-state index is 0.0776. The van der Waals surface area contributed by atoms with Crippen LogP contribution < -0.4 is 5.32 Å². The van der Waals surface area contributed by atoms with Gasteiger partial charge in [0.05, 0.1) is 5.56 Å². The fourth-order valence-corrected chi connectivity index (χ4v) is 4.98. The maximum Gasteiger partial charge on any atom is 0.255 e. The Labute approximate surface area is 189 Å². The summed E-state index contributed by atoms with van der Waals surface area (Å²) in [7, 11) is 4.10. The second-order valence-electron chi connectivity index (χ2n) is 9.00. The number of amides is 1. The van der Waals surface area contributed by atoms with Crippen LogP contribution >= 0.6 is 0 Å². The molecule has 1 aromatic heterocycles. The fourth-order valence-electron chi connectivity index (χ4n) is 4.98. The summed E-state index contributed by atoms with van der Waals surface area (Å²) in [6, 6.07) is 18.9. The Balaban J connectivity index is 1.39. The Hall–Kier alpha value is -2.92. The van der Waals surface area contributed by atoms with Crippen LogP contribution in [-0.2, 0) is 0 Å². The van der Waals surface area contributed by atoms with Crippen LogP contribution in [-0.4, -0.2) is 30.9 Å². The van der Waals surface area contributed by atoms with E-state index in [1.54, 1.807) is 12.1 Å². The van der Waals surface area contributed by atoms with E-state index in [2.05, 4.69) is 24.3 Å². The van der Waals surface area contributed by atoms with Crippen molar-refractivity contribution in [2.24, 2.45) is 5.92 Å². The number of carbonyl (C=O) groups is 1. The van der Waals surface area contributed by atoms with Gasteiger partial charge in [0.2, 0.25) is 0 Å². The number of nitrogens with one attached hydrogen (secondary N) is 1. The molecule has 0 spiro atoms. The van der Waals surface area contributed by atoms with Crippen LogP contribution in [0, 0.1) is 18.7 Å². The average Bonchev–Trinajstić information content (AvgIpc) is 3.17. The van der Waals surface area contributed by atoms with Gasteiger partial charge in [0.25, 0.3) is 5.91 Å². The van der Waals surface area contributed by atoms with Gasteiger partial charge in [-0.05, 0) is 76.4 Å². The summed E-state index contributed by atoms with van der Waals surface area (Å²) in [6.45, 7) is 1.83. The predicted molar refractivity (Wildman–Crippen MR) is 125 cm³/mol. The molecule has 1 fully saturated rings. The van der Waals surface area contributed by atoms with Gasteiger partial charge in [-0.1, -0.05) is 42.5 Å². The highest BCUT2D eigenvalue weighted by molar-refractivity contribution is 5.96. The van der Waals surface area contributed by atoms with Gasteiger partial charge in [0.1, 0.15) is 17.3 Å². The zero-order valence-electron chi connectivity index (χ0n) is 19.0. The molecule has 1 aliphatic rings. The summed E-state index contributed by atoms with van der Waals surface area (Å²) in [5, 5.41) is 3.21. The Kier molecular flexibility index (Phi) is 6.75. The van der Waals surface area contributed by atoms with Crippen molar-refractivity contribution in [3.63, 3.8) is 0 Å². The Bertz CT molecular complexity index is 1050. The van der Waals surface area contributed by atoms with Crippen LogP contribution in [0.5, 0.6) is 0 Å². The van der Waals surface area contributed by atoms with E-state index in [1.165, 1.54) is 6.07 Å². The van der Waals surface area contributed by atoms with Crippen LogP contribution in [0.4, 0.5) is 4.39 Å². The first kappa shape index (κ1) is 22.3. The molecule has 1 N–H and O–H groups in total. The van der Waals surface area contributed by atoms with E-state index in [0.29, 0.717) is 23.0 Å². The first-order chi connectivity index (χ1) is 15.4. The summed E-state index contributed by atoms with van der Waals surface area (Å²) < 4.78 is 19.6. The fraction of sp³-hybridized carbons (Fsp3) is 0.370. The largest absolute Gasteiger partial charge is 0.461 e. The lowest BCUT2D eigenvalue weighted by Gasteiger charge is -2.37. The van der Waals surface area contributed by atoms with Crippen LogP contribution in [0.2, 0.25) is 0 Å². The molecule has 0 aliphatic heterocycles. The molecule has 1 heterocycles. The second kappa shape index (κ2) is 9.70. The third kappa shape index (κ3) is 4.94. The third-order valence-electron chi connectivity index (χ3n) is 6.52. The van der Waals surface area contributed by atoms with E-state index < -0.39 is 0 Å². The second-order valence-corrected chi connectivity index (χ2v) is 9.00. The van der Waals surface area contributed by atoms with E-state index >= 15 is 0 Å². The van der Waals surface area contributed by atoms with E-state index in [4.69, 9.17) is 4.42 Å². The smallest absolute Gasteiger partial charge is 0.255 e. The van der Waals surface area contributed by atoms with Crippen LogP contribution in [0.3, 0.4) is 0 Å². The maximum atomic E-state index is 13.8. The minimum atomic E-state index is -0.194. The minimum Gasteiger partial charge on any atom is -0.461 e. The summed E-state index contributed by atoms with van der Waals surface area (Å²) in [4.78, 5) is 15.1. The monoisotopic (exact) mass is 434 g/mol. The van der Waals surface area contributed by atoms with Crippen molar-refractivity contribution < 1.29 is 13.6 Å². The number of carbonyl (C=O) groups excluding carboxylic acids is 1. The molecule has 1 saturated carbocycles. The van der Waals surface area contributed by atoms with Gasteiger partial charge in [-0.25, -0.2) is 4.39 Å². The summed E-state index contributed by atoms with van der Waals surface area (Å²) >= 11 is 0. The highest BCUT2D eigenvalue weighted by Gasteiger charge is 2.31. The predicted octanol–water partition coefficient (Wildman–Crippen LogP) is 5.99. The van der Waals surface area contributed by atoms with Crippen molar-refractivity contribution in [2.45, 2.75) is 44.7 Å². The highest BCUT2D eigenvalue weighted by Crippen LogP contribution is 2.37. The molecule has 0 saturated heterocycles. The van der Waals surface area contributed by atoms with Gasteiger partial charge in [-0.2, -0.15) is 0 Å². The molecule has 1 unspecified atom stereocenters. The number of benzene rings is 2. The lowest BCUT2D eigenvalue weighted by atomic mass is 9.78. The van der Waals surface area contributed by atoms with E-state index in [1.807, 2.05) is 49.4 Å². The van der Waals surface area contributed by atoms with Crippen LogP contribution in [0.25, 0.3) is 11.3 Å². The lowest BCUT2D eigenvalue weighted by molar-refractivity contribution is 0.0905. The van der Waals surface area contributed by atoms with Gasteiger partial charge in [0.15, 0.2) is 0 Å². The Morgan fingerprint density at radius 2 is 1.75 bits per heavy atom. The highest BCUT2D eigenvalue weighted by atomic mass is 19.1. The number of furan rings is 1. The molecule has 4 rings (SSSR count). The summed E-state index contributed by atoms with van der Waals surface area (Å²) in [5.41, 5.74) is 2.57. The van der Waals surface area contributed by atoms with Gasteiger partial charge in [-0.3, -0.25) is 4.79 Å². The van der Waals surface area contributed by atoms with Crippen molar-refractivity contribution in [1.29, 1.82) is 0 Å². The number of aryl methyl sites for hydroxylation is 1. The number of rotatable bonds is 6. The number of nitrogens with zero attached hydrogens (tertiary/aromatic N) is 1. The van der Waals surface area contributed by atoms with Gasteiger partial charge >= 0.3 is 0 Å². The Morgan fingerprint density at radius 3 is 2.41 bits per heavy atom. The molecule has 1 atom stereocenters. The molecule has 0 bridgehead atoms. The molecular weight excluding hydrogens is 403 g/mol. The molecule has 3 aromatic rings. The topological polar surface area (TPSA) is 45.5 Å². The lowest BCUT2D eigenvalue weighted by Crippen LogP contribution is -2.40. The van der Waals surface area contributed by atoms with Crippen molar-refractivity contribution in [3.05, 3.63) is 83.4 Å². The van der Waals surface area contributed by atoms with Gasteiger partial charge in [-0.15, -0.1) is 0 Å². The number of hydrogen-bond donors (Lipinski definition) is 1. The first-order valence-corrected chi connectivity index (χ1v) is 11.3. The normalized spacial score (nSPS) is 19.7. The van der Waals surface area contributed by atoms with Crippen molar-refractivity contribution >= 4 is 5.91 Å². The van der Waals surface area contributed by atoms with Crippen molar-refractivity contribution in [2.75, 3.05) is 14.1 Å². The standard InChI is InChI=1S/C27H31FN2O2/c1-18-24(17-25(32-18)19-8-5-4-6-9-19)27(31)29-23-14-12-20(13-15-23)26(30(2)3)21-10-7-11-22(28)16-21/h4-11,16-17,20,23,26H,12-15H2,1-3H3,(H,29,31). The SMILES string of the molecule is Cc1oc(-c2ccccc2)cc1C(=O)NC1CCC(C(c2cccc(F)c2)N(C)C)CC1. The zero-order valence-corrected chi connectivity index (χ0v) is 19.0. The molecule has 5 heteroatoms. The van der Waals surface area contributed by atoms with Crippen molar-refractivity contribution in [1.82, 2.24) is 10.2 Å². The van der Waals surface area contributed by atoms with E-state index in [0.717, 1.165) is 36.8 Å². The molecule has 0 radical (unpaired) electrons. The average molecular weight is 435 g/mol. The van der Waals surface area contributed by atoms with Crippen LogP contribution in [0.15, 0.2) is 65.1 Å². The first-order valence-electron chi connectivity index (χ1n) is 11.3. The number of hydrogen-bond acceptors (Lipinski definition) is 3. The van der Waals surface area contributed by atoms with Gasteiger partial charge in [0, 0.05) is 17.6 Å². The molecule has 168 valence electrons. The van der Waals surface area contributed by atoms with Gasteiger partial charge < -0.3 is 14.6 Å². The zero-order chi connectivity index (χ0) is 22.7. The molecule has 1 amide bonds. The molecule has 32 heavy (non-hydrogen) atoms. The molecular formula is C27H31FN2O2. The maximum absolute atomic E-state index is 13.8.